The van der Waals surface area contributed by atoms with Crippen molar-refractivity contribution < 1.29 is 14.6 Å². The van der Waals surface area contributed by atoms with E-state index in [2.05, 4.69) is 16.4 Å². The second-order valence-corrected chi connectivity index (χ2v) is 5.31. The molecule has 112 valence electrons. The van der Waals surface area contributed by atoms with Crippen LogP contribution in [0.5, 0.6) is 0 Å². The molecule has 0 saturated carbocycles. The molecule has 2 aromatic rings. The molecular formula is C16H20N2O3. The van der Waals surface area contributed by atoms with Gasteiger partial charge >= 0.3 is 5.97 Å². The van der Waals surface area contributed by atoms with Crippen molar-refractivity contribution >= 4 is 16.9 Å². The molecule has 0 unspecified atom stereocenters. The quantitative estimate of drug-likeness (QED) is 0.937. The number of ether oxygens (including phenoxy) is 1. The number of aromatic nitrogens is 1. The predicted molar refractivity (Wildman–Crippen MR) is 80.7 cm³/mol. The Morgan fingerprint density at radius 2 is 2.10 bits per heavy atom. The Labute approximate surface area is 123 Å². The van der Waals surface area contributed by atoms with Crippen molar-refractivity contribution in [2.45, 2.75) is 20.0 Å². The highest BCUT2D eigenvalue weighted by molar-refractivity contribution is 6.03. The van der Waals surface area contributed by atoms with Crippen LogP contribution in [-0.4, -0.2) is 46.8 Å². The van der Waals surface area contributed by atoms with Crippen LogP contribution in [0.4, 0.5) is 0 Å². The number of aromatic carboxylic acids is 1. The van der Waals surface area contributed by atoms with E-state index >= 15 is 0 Å². The molecule has 0 spiro atoms. The van der Waals surface area contributed by atoms with Crippen LogP contribution in [0.25, 0.3) is 10.9 Å². The number of fused-ring (bicyclic) bond motifs is 1. The normalized spacial score (nSPS) is 16.4. The van der Waals surface area contributed by atoms with Crippen LogP contribution < -0.4 is 0 Å². The number of morpholine rings is 1. The van der Waals surface area contributed by atoms with Crippen molar-refractivity contribution in [1.82, 2.24) is 9.47 Å². The van der Waals surface area contributed by atoms with Gasteiger partial charge in [-0.3, -0.25) is 4.90 Å². The monoisotopic (exact) mass is 288 g/mol. The summed E-state index contributed by atoms with van der Waals surface area (Å²) in [6.07, 6.45) is 0. The number of carboxylic acids is 1. The summed E-state index contributed by atoms with van der Waals surface area (Å²) in [5.74, 6) is -0.869. The summed E-state index contributed by atoms with van der Waals surface area (Å²) in [6.45, 7) is 7.17. The summed E-state index contributed by atoms with van der Waals surface area (Å²) < 4.78 is 7.58. The zero-order chi connectivity index (χ0) is 14.8. The minimum absolute atomic E-state index is 0.378. The van der Waals surface area contributed by atoms with E-state index in [4.69, 9.17) is 4.74 Å². The second kappa shape index (κ2) is 5.87. The molecule has 0 bridgehead atoms. The van der Waals surface area contributed by atoms with E-state index in [-0.39, 0.29) is 0 Å². The van der Waals surface area contributed by atoms with Crippen molar-refractivity contribution in [3.8, 4) is 0 Å². The average Bonchev–Trinajstić information content (AvgIpc) is 2.84. The zero-order valence-corrected chi connectivity index (χ0v) is 12.2. The average molecular weight is 288 g/mol. The number of benzene rings is 1. The number of aryl methyl sites for hydroxylation is 1. The van der Waals surface area contributed by atoms with Gasteiger partial charge in [0.25, 0.3) is 0 Å². The topological polar surface area (TPSA) is 54.7 Å². The van der Waals surface area contributed by atoms with Crippen LogP contribution in [0.3, 0.4) is 0 Å². The molecule has 1 fully saturated rings. The third kappa shape index (κ3) is 2.66. The lowest BCUT2D eigenvalue weighted by Crippen LogP contribution is -2.36. The Morgan fingerprint density at radius 3 is 2.76 bits per heavy atom. The first-order chi connectivity index (χ1) is 10.2. The van der Waals surface area contributed by atoms with Crippen molar-refractivity contribution in [3.63, 3.8) is 0 Å². The highest BCUT2D eigenvalue weighted by Crippen LogP contribution is 2.25. The van der Waals surface area contributed by atoms with Crippen LogP contribution in [-0.2, 0) is 17.8 Å². The predicted octanol–water partition coefficient (Wildman–Crippen LogP) is 2.19. The Balaban J connectivity index is 2.01. The van der Waals surface area contributed by atoms with Crippen molar-refractivity contribution in [2.75, 3.05) is 26.3 Å². The van der Waals surface area contributed by atoms with Gasteiger partial charge in [0.05, 0.1) is 18.8 Å². The molecule has 21 heavy (non-hydrogen) atoms. The minimum atomic E-state index is -0.869. The molecule has 2 heterocycles. The van der Waals surface area contributed by atoms with Crippen LogP contribution in [0.15, 0.2) is 24.3 Å². The van der Waals surface area contributed by atoms with Crippen molar-refractivity contribution in [1.29, 1.82) is 0 Å². The number of carboxylic acid groups (broad SMARTS) is 1. The van der Waals surface area contributed by atoms with E-state index in [1.165, 1.54) is 5.69 Å². The number of hydrogen-bond acceptors (Lipinski definition) is 3. The SMILES string of the molecule is CCn1c(CN2CCOCC2)cc2c(C(=O)O)cccc21. The molecule has 1 aliphatic rings. The highest BCUT2D eigenvalue weighted by Gasteiger charge is 2.17. The Morgan fingerprint density at radius 1 is 1.33 bits per heavy atom. The number of nitrogens with zero attached hydrogens (tertiary/aromatic N) is 2. The lowest BCUT2D eigenvalue weighted by Gasteiger charge is -2.26. The Hall–Kier alpha value is -1.85. The summed E-state index contributed by atoms with van der Waals surface area (Å²) >= 11 is 0. The van der Waals surface area contributed by atoms with E-state index in [1.54, 1.807) is 6.07 Å². The number of hydrogen-bond donors (Lipinski definition) is 1. The van der Waals surface area contributed by atoms with Gasteiger partial charge in [0.15, 0.2) is 0 Å². The van der Waals surface area contributed by atoms with Gasteiger partial charge in [-0.15, -0.1) is 0 Å². The van der Waals surface area contributed by atoms with Gasteiger partial charge in [0, 0.05) is 42.8 Å². The molecule has 0 amide bonds. The fourth-order valence-electron chi connectivity index (χ4n) is 3.02. The van der Waals surface area contributed by atoms with E-state index in [1.807, 2.05) is 18.2 Å². The maximum atomic E-state index is 11.4. The lowest BCUT2D eigenvalue weighted by atomic mass is 10.1. The fourth-order valence-corrected chi connectivity index (χ4v) is 3.02. The maximum absolute atomic E-state index is 11.4. The Kier molecular flexibility index (Phi) is 3.94. The van der Waals surface area contributed by atoms with Crippen LogP contribution in [0.1, 0.15) is 23.0 Å². The van der Waals surface area contributed by atoms with Gasteiger partial charge in [0.2, 0.25) is 0 Å². The first kappa shape index (κ1) is 14.1. The molecule has 5 heteroatoms. The summed E-state index contributed by atoms with van der Waals surface area (Å²) in [5.41, 5.74) is 2.55. The molecule has 0 atom stereocenters. The molecule has 1 N–H and O–H groups in total. The summed E-state index contributed by atoms with van der Waals surface area (Å²) in [4.78, 5) is 13.7. The van der Waals surface area contributed by atoms with E-state index < -0.39 is 5.97 Å². The van der Waals surface area contributed by atoms with Gasteiger partial charge in [-0.1, -0.05) is 6.07 Å². The molecule has 5 nitrogen and oxygen atoms in total. The molecule has 0 aliphatic carbocycles. The summed E-state index contributed by atoms with van der Waals surface area (Å²) in [7, 11) is 0. The van der Waals surface area contributed by atoms with Crippen molar-refractivity contribution in [3.05, 3.63) is 35.5 Å². The molecule has 0 radical (unpaired) electrons. The smallest absolute Gasteiger partial charge is 0.336 e. The number of carbonyl (C=O) groups is 1. The second-order valence-electron chi connectivity index (χ2n) is 5.31. The van der Waals surface area contributed by atoms with Gasteiger partial charge < -0.3 is 14.4 Å². The van der Waals surface area contributed by atoms with E-state index in [9.17, 15) is 9.90 Å². The molecule has 1 saturated heterocycles. The van der Waals surface area contributed by atoms with Gasteiger partial charge in [-0.05, 0) is 25.1 Å². The van der Waals surface area contributed by atoms with Crippen molar-refractivity contribution in [2.24, 2.45) is 0 Å². The van der Waals surface area contributed by atoms with E-state index in [0.717, 1.165) is 50.3 Å². The molecule has 3 rings (SSSR count). The fraction of sp³-hybridized carbons (Fsp3) is 0.438. The molecular weight excluding hydrogens is 268 g/mol. The van der Waals surface area contributed by atoms with Crippen LogP contribution in [0, 0.1) is 0 Å². The largest absolute Gasteiger partial charge is 0.478 e. The summed E-state index contributed by atoms with van der Waals surface area (Å²) in [5, 5.41) is 10.2. The molecule has 1 aliphatic heterocycles. The van der Waals surface area contributed by atoms with E-state index in [0.29, 0.717) is 5.56 Å². The van der Waals surface area contributed by atoms with Gasteiger partial charge in [0.1, 0.15) is 0 Å². The molecule has 1 aromatic heterocycles. The third-order valence-electron chi connectivity index (χ3n) is 4.07. The van der Waals surface area contributed by atoms with Crippen LogP contribution >= 0.6 is 0 Å². The standard InChI is InChI=1S/C16H20N2O3/c1-2-18-12(11-17-6-8-21-9-7-17)10-14-13(16(19)20)4-3-5-15(14)18/h3-5,10H,2,6-9,11H2,1H3,(H,19,20). The van der Waals surface area contributed by atoms with Crippen LogP contribution in [0.2, 0.25) is 0 Å². The minimum Gasteiger partial charge on any atom is -0.478 e. The molecule has 1 aromatic carbocycles. The summed E-state index contributed by atoms with van der Waals surface area (Å²) in [6, 6.07) is 7.51. The Bertz CT molecular complexity index is 657. The maximum Gasteiger partial charge on any atom is 0.336 e. The first-order valence-electron chi connectivity index (χ1n) is 7.35. The highest BCUT2D eigenvalue weighted by atomic mass is 16.5. The van der Waals surface area contributed by atoms with Gasteiger partial charge in [-0.2, -0.15) is 0 Å². The number of rotatable bonds is 4. The first-order valence-corrected chi connectivity index (χ1v) is 7.35. The van der Waals surface area contributed by atoms with Gasteiger partial charge in [-0.25, -0.2) is 4.79 Å². The third-order valence-corrected chi connectivity index (χ3v) is 4.07. The lowest BCUT2D eigenvalue weighted by molar-refractivity contribution is 0.0332. The zero-order valence-electron chi connectivity index (χ0n) is 12.2.